The van der Waals surface area contributed by atoms with Gasteiger partial charge < -0.3 is 24.9 Å². The lowest BCUT2D eigenvalue weighted by atomic mass is 10.1. The summed E-state index contributed by atoms with van der Waals surface area (Å²) >= 11 is 0. The van der Waals surface area contributed by atoms with E-state index >= 15 is 0 Å². The highest BCUT2D eigenvalue weighted by Gasteiger charge is 2.19. The molecular weight excluding hydrogens is 374 g/mol. The molecule has 3 rings (SSSR count). The van der Waals surface area contributed by atoms with E-state index in [0.717, 1.165) is 5.56 Å². The van der Waals surface area contributed by atoms with Crippen molar-refractivity contribution < 1.29 is 19.4 Å². The first-order valence-electron chi connectivity index (χ1n) is 8.83. The van der Waals surface area contributed by atoms with Crippen molar-refractivity contribution in [3.8, 4) is 28.6 Å². The van der Waals surface area contributed by atoms with E-state index in [2.05, 4.69) is 15.3 Å². The lowest BCUT2D eigenvalue weighted by molar-refractivity contribution is 0.0942. The van der Waals surface area contributed by atoms with Gasteiger partial charge in [0.2, 0.25) is 5.75 Å². The molecule has 3 aromatic rings. The van der Waals surface area contributed by atoms with Gasteiger partial charge in [-0.15, -0.1) is 0 Å². The van der Waals surface area contributed by atoms with Gasteiger partial charge in [-0.1, -0.05) is 42.0 Å². The smallest absolute Gasteiger partial charge is 0.294 e. The Hall–Kier alpha value is -3.81. The molecule has 0 saturated carbocycles. The summed E-state index contributed by atoms with van der Waals surface area (Å²) in [4.78, 5) is 31.4. The van der Waals surface area contributed by atoms with E-state index in [1.165, 1.54) is 14.2 Å². The Morgan fingerprint density at radius 2 is 1.86 bits per heavy atom. The van der Waals surface area contributed by atoms with Crippen LogP contribution in [0.25, 0.3) is 11.4 Å². The van der Waals surface area contributed by atoms with Gasteiger partial charge in [-0.3, -0.25) is 9.59 Å². The number of aryl methyl sites for hydroxylation is 1. The molecule has 0 bridgehead atoms. The summed E-state index contributed by atoms with van der Waals surface area (Å²) in [6, 6.07) is 12.5. The number of rotatable bonds is 6. The van der Waals surface area contributed by atoms with Crippen molar-refractivity contribution in [1.82, 2.24) is 15.3 Å². The number of aromatic nitrogens is 2. The number of aromatic amines is 1. The topological polar surface area (TPSA) is 114 Å². The second-order valence-electron chi connectivity index (χ2n) is 6.31. The Balaban J connectivity index is 1.88. The molecule has 0 aliphatic carbocycles. The van der Waals surface area contributed by atoms with Gasteiger partial charge in [0.1, 0.15) is 5.82 Å². The molecule has 0 fully saturated rings. The Morgan fingerprint density at radius 1 is 1.14 bits per heavy atom. The molecule has 3 N–H and O–H groups in total. The first kappa shape index (κ1) is 19.9. The van der Waals surface area contributed by atoms with Crippen molar-refractivity contribution >= 4 is 5.91 Å². The van der Waals surface area contributed by atoms with Crippen LogP contribution < -0.4 is 20.3 Å². The molecule has 0 saturated heterocycles. The van der Waals surface area contributed by atoms with Crippen molar-refractivity contribution in [2.45, 2.75) is 13.5 Å². The maximum absolute atomic E-state index is 12.6. The molecule has 1 amide bonds. The van der Waals surface area contributed by atoms with Crippen LogP contribution in [0.4, 0.5) is 0 Å². The van der Waals surface area contributed by atoms with Gasteiger partial charge in [0.15, 0.2) is 17.2 Å². The molecule has 1 aromatic heterocycles. The highest BCUT2D eigenvalue weighted by atomic mass is 16.5. The number of nitrogens with zero attached hydrogens (tertiary/aromatic N) is 1. The van der Waals surface area contributed by atoms with Crippen molar-refractivity contribution in [3.05, 3.63) is 69.6 Å². The molecule has 150 valence electrons. The summed E-state index contributed by atoms with van der Waals surface area (Å²) < 4.78 is 10.6. The van der Waals surface area contributed by atoms with Gasteiger partial charge in [-0.2, -0.15) is 0 Å². The third-order valence-corrected chi connectivity index (χ3v) is 4.36. The van der Waals surface area contributed by atoms with Crippen LogP contribution in [0.15, 0.2) is 47.3 Å². The highest BCUT2D eigenvalue weighted by molar-refractivity contribution is 5.95. The number of hydrogen-bond acceptors (Lipinski definition) is 6. The number of carbonyl (C=O) groups is 1. The number of nitrogens with one attached hydrogen (secondary N) is 2. The standard InChI is InChI=1S/C21H21N3O5/c1-12-7-9-13(10-8-12)19-23-16(17(25)21(27)24-19)20(26)22-11-14-5-4-6-15(28-2)18(14)29-3/h4-10,25H,11H2,1-3H3,(H,22,26)(H,23,24,27). The maximum atomic E-state index is 12.6. The summed E-state index contributed by atoms with van der Waals surface area (Å²) in [6.45, 7) is 2.02. The van der Waals surface area contributed by atoms with Gasteiger partial charge in [0.25, 0.3) is 11.5 Å². The SMILES string of the molecule is COc1cccc(CNC(=O)c2nc(-c3ccc(C)cc3)[nH]c(=O)c2O)c1OC. The summed E-state index contributed by atoms with van der Waals surface area (Å²) in [7, 11) is 3.02. The van der Waals surface area contributed by atoms with E-state index in [-0.39, 0.29) is 18.1 Å². The molecule has 2 aromatic carbocycles. The number of methoxy groups -OCH3 is 2. The average Bonchev–Trinajstić information content (AvgIpc) is 2.73. The first-order valence-corrected chi connectivity index (χ1v) is 8.83. The third kappa shape index (κ3) is 4.21. The number of ether oxygens (including phenoxy) is 2. The lowest BCUT2D eigenvalue weighted by Crippen LogP contribution is -2.26. The van der Waals surface area contributed by atoms with Gasteiger partial charge in [0, 0.05) is 17.7 Å². The van der Waals surface area contributed by atoms with Crippen molar-refractivity contribution in [3.63, 3.8) is 0 Å². The molecule has 8 nitrogen and oxygen atoms in total. The number of H-pyrrole nitrogens is 1. The number of hydrogen-bond donors (Lipinski definition) is 3. The molecule has 0 unspecified atom stereocenters. The minimum absolute atomic E-state index is 0.0903. The van der Waals surface area contributed by atoms with Crippen LogP contribution in [-0.4, -0.2) is 35.2 Å². The molecule has 0 atom stereocenters. The minimum Gasteiger partial charge on any atom is -0.501 e. The first-order chi connectivity index (χ1) is 13.9. The number of benzene rings is 2. The van der Waals surface area contributed by atoms with Crippen molar-refractivity contribution in [2.75, 3.05) is 14.2 Å². The second kappa shape index (κ2) is 8.47. The molecule has 0 aliphatic rings. The quantitative estimate of drug-likeness (QED) is 0.591. The number of para-hydroxylation sites is 1. The monoisotopic (exact) mass is 395 g/mol. The molecular formula is C21H21N3O5. The second-order valence-corrected chi connectivity index (χ2v) is 6.31. The van der Waals surface area contributed by atoms with E-state index < -0.39 is 17.2 Å². The highest BCUT2D eigenvalue weighted by Crippen LogP contribution is 2.30. The lowest BCUT2D eigenvalue weighted by Gasteiger charge is -2.13. The largest absolute Gasteiger partial charge is 0.501 e. The van der Waals surface area contributed by atoms with Crippen LogP contribution in [0, 0.1) is 6.92 Å². The van der Waals surface area contributed by atoms with E-state index in [1.54, 1.807) is 30.3 Å². The normalized spacial score (nSPS) is 10.4. The summed E-state index contributed by atoms with van der Waals surface area (Å²) in [5, 5.41) is 12.7. The number of aromatic hydroxyl groups is 1. The molecule has 0 aliphatic heterocycles. The van der Waals surface area contributed by atoms with E-state index in [1.807, 2.05) is 19.1 Å². The number of amides is 1. The van der Waals surface area contributed by atoms with Crippen molar-refractivity contribution in [2.24, 2.45) is 0 Å². The molecule has 1 heterocycles. The molecule has 0 spiro atoms. The zero-order chi connectivity index (χ0) is 21.0. The Labute approximate surface area is 167 Å². The fourth-order valence-electron chi connectivity index (χ4n) is 2.83. The summed E-state index contributed by atoms with van der Waals surface area (Å²) in [5.74, 6) is -0.225. The van der Waals surface area contributed by atoms with E-state index in [9.17, 15) is 14.7 Å². The summed E-state index contributed by atoms with van der Waals surface area (Å²) in [5.41, 5.74) is 1.19. The molecule has 8 heteroatoms. The van der Waals surface area contributed by atoms with Gasteiger partial charge >= 0.3 is 0 Å². The Morgan fingerprint density at radius 3 is 2.52 bits per heavy atom. The van der Waals surface area contributed by atoms with Gasteiger partial charge in [-0.25, -0.2) is 4.98 Å². The van der Waals surface area contributed by atoms with E-state index in [0.29, 0.717) is 22.6 Å². The maximum Gasteiger partial charge on any atom is 0.294 e. The zero-order valence-corrected chi connectivity index (χ0v) is 16.3. The number of carbonyl (C=O) groups excluding carboxylic acids is 1. The Bertz CT molecular complexity index is 1090. The van der Waals surface area contributed by atoms with Crippen LogP contribution in [0.3, 0.4) is 0 Å². The van der Waals surface area contributed by atoms with Crippen LogP contribution in [0.5, 0.6) is 17.2 Å². The van der Waals surface area contributed by atoms with Crippen LogP contribution in [0.2, 0.25) is 0 Å². The fourth-order valence-corrected chi connectivity index (χ4v) is 2.83. The van der Waals surface area contributed by atoms with Crippen LogP contribution in [-0.2, 0) is 6.54 Å². The predicted octanol–water partition coefficient (Wildman–Crippen LogP) is 2.40. The van der Waals surface area contributed by atoms with Crippen LogP contribution in [0.1, 0.15) is 21.6 Å². The Kier molecular flexibility index (Phi) is 5.82. The van der Waals surface area contributed by atoms with Gasteiger partial charge in [-0.05, 0) is 13.0 Å². The van der Waals surface area contributed by atoms with Crippen LogP contribution >= 0.6 is 0 Å². The average molecular weight is 395 g/mol. The minimum atomic E-state index is -0.792. The zero-order valence-electron chi connectivity index (χ0n) is 16.3. The molecule has 0 radical (unpaired) electrons. The summed E-state index contributed by atoms with van der Waals surface area (Å²) in [6.07, 6.45) is 0. The third-order valence-electron chi connectivity index (χ3n) is 4.36. The fraction of sp³-hybridized carbons (Fsp3) is 0.190. The van der Waals surface area contributed by atoms with Gasteiger partial charge in [0.05, 0.1) is 14.2 Å². The van der Waals surface area contributed by atoms with E-state index in [4.69, 9.17) is 9.47 Å². The van der Waals surface area contributed by atoms with Crippen molar-refractivity contribution in [1.29, 1.82) is 0 Å². The predicted molar refractivity (Wildman–Crippen MR) is 107 cm³/mol. The molecule has 29 heavy (non-hydrogen) atoms.